The number of hydrogen-bond acceptors (Lipinski definition) is 3. The fraction of sp³-hybridized carbons (Fsp3) is 0.156. The molecule has 3 nitrogen and oxygen atoms in total. The number of fused-ring (bicyclic) bond motifs is 5. The molecule has 50 heavy (non-hydrogen) atoms. The van der Waals surface area contributed by atoms with Crippen LogP contribution in [-0.4, -0.2) is 18.0 Å². The maximum atomic E-state index is 8.32. The first kappa shape index (κ1) is 22.9. The van der Waals surface area contributed by atoms with Gasteiger partial charge < -0.3 is 14.4 Å². The Balaban J connectivity index is 0.000000258. The molecule has 0 unspecified atom stereocenters. The molecule has 5 aromatic carbocycles. The number of furan rings is 1. The zero-order chi connectivity index (χ0) is 44.3. The zero-order valence-corrected chi connectivity index (χ0v) is 31.0. The van der Waals surface area contributed by atoms with Crippen molar-refractivity contribution in [3.05, 3.63) is 150 Å². The average Bonchev–Trinajstić information content (AvgIpc) is 3.59. The van der Waals surface area contributed by atoms with Crippen molar-refractivity contribution >= 4 is 46.0 Å². The van der Waals surface area contributed by atoms with E-state index in [2.05, 4.69) is 47.8 Å². The third-order valence-corrected chi connectivity index (χ3v) is 10.6. The molecule has 1 radical (unpaired) electrons. The van der Waals surface area contributed by atoms with Crippen LogP contribution >= 0.6 is 0 Å². The number of benzene rings is 5. The molecule has 251 valence electrons. The summed E-state index contributed by atoms with van der Waals surface area (Å²) in [6, 6.07) is 36.6. The largest absolute Gasteiger partial charge is 0.500 e. The average molecular weight is 857 g/mol. The predicted molar refractivity (Wildman–Crippen MR) is 209 cm³/mol. The maximum Gasteiger partial charge on any atom is 0.128 e. The second-order valence-electron chi connectivity index (χ2n) is 12.9. The van der Waals surface area contributed by atoms with Crippen LogP contribution < -0.4 is 5.19 Å². The topological polar surface area (TPSA) is 38.9 Å². The predicted octanol–water partition coefficient (Wildman–Crippen LogP) is 11.6. The maximum absolute atomic E-state index is 8.32. The molecule has 0 N–H and O–H groups in total. The molecule has 0 amide bonds. The van der Waals surface area contributed by atoms with E-state index in [0.29, 0.717) is 39.2 Å². The normalized spacial score (nSPS) is 15.9. The number of hydrogen-bond donors (Lipinski definition) is 0. The number of nitrogens with zero attached hydrogens (tertiary/aromatic N) is 2. The molecule has 8 rings (SSSR count). The Hall–Kier alpha value is -4.67. The second kappa shape index (κ2) is 14.3. The van der Waals surface area contributed by atoms with Crippen molar-refractivity contribution in [3.8, 4) is 33.6 Å². The molecule has 0 aliphatic carbocycles. The molecule has 0 bridgehead atoms. The third kappa shape index (κ3) is 7.00. The van der Waals surface area contributed by atoms with Crippen LogP contribution in [0.15, 0.2) is 120 Å². The summed E-state index contributed by atoms with van der Waals surface area (Å²) >= 11 is 0. The standard InChI is InChI=1S/C32H28NOSi.C13H12N.Ir/c1-20-17-23(35(3,4)5)14-16-24(20)29-18-30(33-19-21(29)2)28-12-8-11-26-27-15-13-22-9-6-7-10-25(22)31(27)34-32(26)28;1-10-3-6-12(7-4-10)13-8-5-11(2)9-14-13;/h6-11,13-19H,1-5H3;3-6,8-9H,1-2H3;/q2*-1;/i2*1D3,2D3;. The van der Waals surface area contributed by atoms with E-state index in [-0.39, 0.29) is 42.4 Å². The van der Waals surface area contributed by atoms with E-state index < -0.39 is 35.5 Å². The van der Waals surface area contributed by atoms with Crippen LogP contribution in [0.1, 0.15) is 38.7 Å². The van der Waals surface area contributed by atoms with Gasteiger partial charge in [-0.3, -0.25) is 0 Å². The SMILES string of the molecule is [2H]C([2H])([2H])c1c[c-]c(-c2ccc(C([2H])([2H])[2H])cn2)cc1.[2H]C([2H])([2H])c1cnc(-c2[c-]ccc3c2oc2c4ccccc4ccc32)cc1-c1ccc([Si](C)(C)C)cc1C([2H])([2H])[2H].[Ir]. The summed E-state index contributed by atoms with van der Waals surface area (Å²) in [6.45, 7) is -2.83. The van der Waals surface area contributed by atoms with Gasteiger partial charge in [0, 0.05) is 59.7 Å². The van der Waals surface area contributed by atoms with Crippen molar-refractivity contribution in [2.45, 2.75) is 47.0 Å². The van der Waals surface area contributed by atoms with E-state index in [9.17, 15) is 0 Å². The van der Waals surface area contributed by atoms with Gasteiger partial charge in [-0.1, -0.05) is 115 Å². The number of aryl methyl sites for hydroxylation is 4. The molecule has 0 aliphatic heterocycles. The van der Waals surface area contributed by atoms with E-state index in [1.807, 2.05) is 42.5 Å². The monoisotopic (exact) mass is 857 g/mol. The molecule has 0 atom stereocenters. The van der Waals surface area contributed by atoms with Gasteiger partial charge in [0.2, 0.25) is 0 Å². The van der Waals surface area contributed by atoms with Crippen LogP contribution in [0.4, 0.5) is 0 Å². The van der Waals surface area contributed by atoms with Crippen LogP contribution in [0.3, 0.4) is 0 Å². The van der Waals surface area contributed by atoms with Crippen LogP contribution in [0.25, 0.3) is 66.4 Å². The van der Waals surface area contributed by atoms with Crippen molar-refractivity contribution in [1.29, 1.82) is 0 Å². The van der Waals surface area contributed by atoms with Gasteiger partial charge in [0.1, 0.15) is 5.58 Å². The van der Waals surface area contributed by atoms with Gasteiger partial charge in [-0.15, -0.1) is 53.6 Å². The van der Waals surface area contributed by atoms with Gasteiger partial charge in [0.15, 0.2) is 0 Å². The van der Waals surface area contributed by atoms with E-state index in [4.69, 9.17) is 20.9 Å². The first-order valence-electron chi connectivity index (χ1n) is 21.8. The molecule has 5 heteroatoms. The van der Waals surface area contributed by atoms with Gasteiger partial charge >= 0.3 is 0 Å². The first-order valence-corrected chi connectivity index (χ1v) is 19.3. The Morgan fingerprint density at radius 1 is 0.640 bits per heavy atom. The summed E-state index contributed by atoms with van der Waals surface area (Å²) < 4.78 is 99.7. The summed E-state index contributed by atoms with van der Waals surface area (Å²) in [5, 5.41) is 4.89. The summed E-state index contributed by atoms with van der Waals surface area (Å²) in [5.74, 6) is 0. The van der Waals surface area contributed by atoms with Gasteiger partial charge in [0.05, 0.1) is 13.7 Å². The van der Waals surface area contributed by atoms with Crippen molar-refractivity contribution in [2.24, 2.45) is 0 Å². The Bertz CT molecular complexity index is 2840. The van der Waals surface area contributed by atoms with Gasteiger partial charge in [-0.05, 0) is 65.1 Å². The fourth-order valence-corrected chi connectivity index (χ4v) is 7.02. The van der Waals surface area contributed by atoms with Gasteiger partial charge in [-0.25, -0.2) is 0 Å². The molecule has 0 saturated heterocycles. The minimum absolute atomic E-state index is 0. The molecule has 0 saturated carbocycles. The molecule has 0 aliphatic rings. The van der Waals surface area contributed by atoms with E-state index in [1.165, 1.54) is 30.6 Å². The minimum atomic E-state index is -2.50. The Labute approximate surface area is 326 Å². The molecule has 3 aromatic heterocycles. The van der Waals surface area contributed by atoms with Gasteiger partial charge in [0.25, 0.3) is 0 Å². The summed E-state index contributed by atoms with van der Waals surface area (Å²) in [6.07, 6.45) is 2.63. The summed E-state index contributed by atoms with van der Waals surface area (Å²) in [5.41, 5.74) is 4.73. The first-order chi connectivity index (χ1) is 28.4. The van der Waals surface area contributed by atoms with Crippen molar-refractivity contribution in [1.82, 2.24) is 9.97 Å². The zero-order valence-electron chi connectivity index (χ0n) is 39.6. The van der Waals surface area contributed by atoms with Crippen molar-refractivity contribution < 1.29 is 41.0 Å². The second-order valence-corrected chi connectivity index (χ2v) is 18.0. The van der Waals surface area contributed by atoms with Crippen LogP contribution in [0, 0.1) is 39.5 Å². The molecular formula is C45H40IrN2OSi-2. The number of aromatic nitrogens is 2. The quantitative estimate of drug-likeness (QED) is 0.131. The Morgan fingerprint density at radius 3 is 2.18 bits per heavy atom. The third-order valence-electron chi connectivity index (χ3n) is 8.51. The Kier molecular flexibility index (Phi) is 6.55. The van der Waals surface area contributed by atoms with Gasteiger partial charge in [-0.2, -0.15) is 0 Å². The molecule has 8 aromatic rings. The van der Waals surface area contributed by atoms with Crippen molar-refractivity contribution in [2.75, 3.05) is 0 Å². The van der Waals surface area contributed by atoms with Crippen LogP contribution in [0.2, 0.25) is 19.6 Å². The molecular weight excluding hydrogens is 805 g/mol. The van der Waals surface area contributed by atoms with E-state index in [1.54, 1.807) is 36.4 Å². The molecule has 0 fully saturated rings. The Morgan fingerprint density at radius 2 is 1.44 bits per heavy atom. The number of pyridine rings is 2. The molecule has 0 spiro atoms. The van der Waals surface area contributed by atoms with Crippen LogP contribution in [0.5, 0.6) is 0 Å². The smallest absolute Gasteiger partial charge is 0.128 e. The van der Waals surface area contributed by atoms with Crippen molar-refractivity contribution in [3.63, 3.8) is 0 Å². The fourth-order valence-electron chi connectivity index (χ4n) is 5.86. The summed E-state index contributed by atoms with van der Waals surface area (Å²) in [7, 11) is -1.84. The minimum Gasteiger partial charge on any atom is -0.500 e. The summed E-state index contributed by atoms with van der Waals surface area (Å²) in [4.78, 5) is 8.62. The van der Waals surface area contributed by atoms with E-state index >= 15 is 0 Å². The van der Waals surface area contributed by atoms with E-state index in [0.717, 1.165) is 32.3 Å². The number of rotatable bonds is 4. The molecule has 3 heterocycles. The van der Waals surface area contributed by atoms with Crippen LogP contribution in [-0.2, 0) is 20.1 Å².